The van der Waals surface area contributed by atoms with E-state index in [0.29, 0.717) is 6.42 Å². The molecule has 2 aromatic rings. The second-order valence-corrected chi connectivity index (χ2v) is 4.26. The van der Waals surface area contributed by atoms with Crippen LogP contribution in [0, 0.1) is 0 Å². The maximum Gasteiger partial charge on any atom is 0.138 e. The molecule has 0 saturated carbocycles. The maximum absolute atomic E-state index is 5.53. The molecule has 0 saturated heterocycles. The highest BCUT2D eigenvalue weighted by molar-refractivity contribution is 7.03. The molecule has 0 bridgehead atoms. The minimum absolute atomic E-state index is 0.0754. The van der Waals surface area contributed by atoms with E-state index in [2.05, 4.69) is 32.0 Å². The zero-order valence-corrected chi connectivity index (χ0v) is 10.4. The number of aryl methyl sites for hydroxylation is 1. The second-order valence-electron chi connectivity index (χ2n) is 3.65. The molecule has 2 rings (SSSR count). The lowest BCUT2D eigenvalue weighted by atomic mass is 10.1. The van der Waals surface area contributed by atoms with Crippen molar-refractivity contribution in [2.75, 3.05) is 0 Å². The fraction of sp³-hybridized carbons (Fsp3) is 0.556. The summed E-state index contributed by atoms with van der Waals surface area (Å²) in [5.41, 5.74) is 3.57. The van der Waals surface area contributed by atoms with Crippen LogP contribution in [0.2, 0.25) is 0 Å². The van der Waals surface area contributed by atoms with Crippen molar-refractivity contribution in [3.8, 4) is 0 Å². The van der Waals surface area contributed by atoms with E-state index >= 15 is 0 Å². The zero-order chi connectivity index (χ0) is 12.1. The number of nitrogens with zero attached hydrogens (tertiary/aromatic N) is 5. The van der Waals surface area contributed by atoms with Crippen molar-refractivity contribution in [2.45, 2.75) is 32.4 Å². The molecule has 3 N–H and O–H groups in total. The molecule has 7 nitrogen and oxygen atoms in total. The largest absolute Gasteiger partial charge is 0.271 e. The number of nitrogens with one attached hydrogen (secondary N) is 1. The van der Waals surface area contributed by atoms with Crippen LogP contribution in [0.5, 0.6) is 0 Å². The first kappa shape index (κ1) is 12.1. The Hall–Kier alpha value is -1.38. The van der Waals surface area contributed by atoms with Gasteiger partial charge in [-0.05, 0) is 18.0 Å². The summed E-state index contributed by atoms with van der Waals surface area (Å²) < 4.78 is 5.73. The lowest BCUT2D eigenvalue weighted by Gasteiger charge is -2.12. The molecule has 0 aliphatic heterocycles. The van der Waals surface area contributed by atoms with Crippen LogP contribution in [0.1, 0.15) is 30.9 Å². The van der Waals surface area contributed by atoms with E-state index in [4.69, 9.17) is 5.84 Å². The Morgan fingerprint density at radius 1 is 1.59 bits per heavy atom. The predicted octanol–water partition coefficient (Wildman–Crippen LogP) is 0.287. The minimum Gasteiger partial charge on any atom is -0.271 e. The second kappa shape index (κ2) is 5.80. The molecule has 92 valence electrons. The van der Waals surface area contributed by atoms with Gasteiger partial charge in [-0.3, -0.25) is 16.0 Å². The normalized spacial score (nSPS) is 12.8. The Bertz CT molecular complexity index is 438. The van der Waals surface area contributed by atoms with Crippen LogP contribution >= 0.6 is 11.5 Å². The zero-order valence-electron chi connectivity index (χ0n) is 9.58. The van der Waals surface area contributed by atoms with Gasteiger partial charge < -0.3 is 0 Å². The van der Waals surface area contributed by atoms with Gasteiger partial charge in [0.2, 0.25) is 0 Å². The minimum atomic E-state index is -0.0754. The lowest BCUT2D eigenvalue weighted by Crippen LogP contribution is -2.30. The molecular weight excluding hydrogens is 238 g/mol. The summed E-state index contributed by atoms with van der Waals surface area (Å²) in [5, 5.41) is 10.1. The Labute approximate surface area is 103 Å². The van der Waals surface area contributed by atoms with Crippen LogP contribution in [0.4, 0.5) is 0 Å². The average Bonchev–Trinajstić information content (AvgIpc) is 2.97. The third-order valence-corrected chi connectivity index (χ3v) is 2.98. The third kappa shape index (κ3) is 2.84. The SMILES string of the molecule is CCCn1ncnc1CC(NN)c1csnn1. The van der Waals surface area contributed by atoms with Gasteiger partial charge in [-0.2, -0.15) is 5.10 Å². The highest BCUT2D eigenvalue weighted by Crippen LogP contribution is 2.15. The van der Waals surface area contributed by atoms with E-state index in [9.17, 15) is 0 Å². The molecular formula is C9H15N7S. The topological polar surface area (TPSA) is 94.5 Å². The van der Waals surface area contributed by atoms with Crippen molar-refractivity contribution in [2.24, 2.45) is 5.84 Å². The van der Waals surface area contributed by atoms with Crippen molar-refractivity contribution < 1.29 is 0 Å². The number of aromatic nitrogens is 5. The van der Waals surface area contributed by atoms with E-state index in [1.807, 2.05) is 10.1 Å². The van der Waals surface area contributed by atoms with E-state index < -0.39 is 0 Å². The Kier molecular flexibility index (Phi) is 4.13. The molecule has 0 aliphatic rings. The molecule has 0 aliphatic carbocycles. The van der Waals surface area contributed by atoms with Crippen molar-refractivity contribution >= 4 is 11.5 Å². The summed E-state index contributed by atoms with van der Waals surface area (Å²) in [6, 6.07) is -0.0754. The monoisotopic (exact) mass is 253 g/mol. The third-order valence-electron chi connectivity index (χ3n) is 2.45. The predicted molar refractivity (Wildman–Crippen MR) is 64.0 cm³/mol. The quantitative estimate of drug-likeness (QED) is 0.567. The molecule has 0 fully saturated rings. The van der Waals surface area contributed by atoms with Gasteiger partial charge in [0.05, 0.1) is 11.7 Å². The average molecular weight is 253 g/mol. The summed E-state index contributed by atoms with van der Waals surface area (Å²) in [4.78, 5) is 4.24. The first-order valence-electron chi connectivity index (χ1n) is 5.45. The first-order chi connectivity index (χ1) is 8.35. The van der Waals surface area contributed by atoms with Gasteiger partial charge in [0.25, 0.3) is 0 Å². The van der Waals surface area contributed by atoms with Gasteiger partial charge in [0.15, 0.2) is 0 Å². The van der Waals surface area contributed by atoms with Crippen LogP contribution < -0.4 is 11.3 Å². The number of hydrogen-bond donors (Lipinski definition) is 2. The fourth-order valence-electron chi connectivity index (χ4n) is 1.60. The smallest absolute Gasteiger partial charge is 0.138 e. The van der Waals surface area contributed by atoms with Crippen LogP contribution in [0.15, 0.2) is 11.7 Å². The molecule has 0 amide bonds. The van der Waals surface area contributed by atoms with E-state index in [1.165, 1.54) is 11.5 Å². The van der Waals surface area contributed by atoms with Crippen molar-refractivity contribution in [1.29, 1.82) is 0 Å². The molecule has 1 unspecified atom stereocenters. The Balaban J connectivity index is 2.10. The summed E-state index contributed by atoms with van der Waals surface area (Å²) in [5.74, 6) is 6.44. The summed E-state index contributed by atoms with van der Waals surface area (Å²) in [6.07, 6.45) is 3.25. The molecule has 0 spiro atoms. The van der Waals surface area contributed by atoms with Crippen molar-refractivity contribution in [1.82, 2.24) is 29.8 Å². The number of hydrogen-bond acceptors (Lipinski definition) is 7. The molecule has 0 radical (unpaired) electrons. The summed E-state index contributed by atoms with van der Waals surface area (Å²) >= 11 is 1.31. The van der Waals surface area contributed by atoms with Crippen molar-refractivity contribution in [3.05, 3.63) is 23.2 Å². The Morgan fingerprint density at radius 3 is 3.12 bits per heavy atom. The summed E-state index contributed by atoms with van der Waals surface area (Å²) in [6.45, 7) is 2.97. The summed E-state index contributed by atoms with van der Waals surface area (Å²) in [7, 11) is 0. The molecule has 17 heavy (non-hydrogen) atoms. The molecule has 0 aromatic carbocycles. The van der Waals surface area contributed by atoms with Gasteiger partial charge in [-0.1, -0.05) is 11.4 Å². The van der Waals surface area contributed by atoms with Gasteiger partial charge in [0.1, 0.15) is 12.2 Å². The fourth-order valence-corrected chi connectivity index (χ4v) is 2.11. The molecule has 8 heteroatoms. The van der Waals surface area contributed by atoms with E-state index in [-0.39, 0.29) is 6.04 Å². The van der Waals surface area contributed by atoms with Crippen LogP contribution in [-0.4, -0.2) is 24.4 Å². The standard InChI is InChI=1S/C9H15N7S/c1-2-3-16-9(11-6-12-16)4-7(13-10)8-5-17-15-14-8/h5-7,13H,2-4,10H2,1H3. The van der Waals surface area contributed by atoms with Crippen LogP contribution in [0.25, 0.3) is 0 Å². The molecule has 2 heterocycles. The van der Waals surface area contributed by atoms with E-state index in [1.54, 1.807) is 6.33 Å². The number of nitrogens with two attached hydrogens (primary N) is 1. The number of rotatable bonds is 6. The molecule has 1 atom stereocenters. The lowest BCUT2D eigenvalue weighted by molar-refractivity contribution is 0.490. The van der Waals surface area contributed by atoms with Crippen LogP contribution in [0.3, 0.4) is 0 Å². The highest BCUT2D eigenvalue weighted by atomic mass is 32.1. The number of hydrazine groups is 1. The highest BCUT2D eigenvalue weighted by Gasteiger charge is 2.16. The maximum atomic E-state index is 5.53. The Morgan fingerprint density at radius 2 is 2.47 bits per heavy atom. The van der Waals surface area contributed by atoms with Gasteiger partial charge in [0, 0.05) is 18.3 Å². The van der Waals surface area contributed by atoms with Gasteiger partial charge in [-0.25, -0.2) is 4.98 Å². The van der Waals surface area contributed by atoms with Gasteiger partial charge in [-0.15, -0.1) is 5.10 Å². The van der Waals surface area contributed by atoms with E-state index in [0.717, 1.165) is 24.5 Å². The molecule has 2 aromatic heterocycles. The first-order valence-corrected chi connectivity index (χ1v) is 6.28. The van der Waals surface area contributed by atoms with Crippen molar-refractivity contribution in [3.63, 3.8) is 0 Å². The van der Waals surface area contributed by atoms with Crippen LogP contribution in [-0.2, 0) is 13.0 Å². The van der Waals surface area contributed by atoms with Gasteiger partial charge >= 0.3 is 0 Å².